The van der Waals surface area contributed by atoms with E-state index < -0.39 is 11.4 Å². The van der Waals surface area contributed by atoms with Gasteiger partial charge in [-0.2, -0.15) is 0 Å². The highest BCUT2D eigenvalue weighted by Crippen LogP contribution is 2.35. The minimum Gasteiger partial charge on any atom is -0.481 e. The Labute approximate surface area is 142 Å². The van der Waals surface area contributed by atoms with Crippen LogP contribution >= 0.6 is 0 Å². The number of halogens is 1. The average molecular weight is 335 g/mol. The van der Waals surface area contributed by atoms with Crippen LogP contribution in [-0.4, -0.2) is 49.3 Å². The van der Waals surface area contributed by atoms with Gasteiger partial charge >= 0.3 is 5.97 Å². The standard InChI is InChI=1S/C19H26FNO3/c1-24-14-4-11-19(18(22)23)10-3-13-21(15-19)12-2-5-16-6-8-17(20)9-7-16/h2,5-9H,3-4,10-15H2,1H3,(H,22,23). The van der Waals surface area contributed by atoms with E-state index >= 15 is 0 Å². The first-order valence-electron chi connectivity index (χ1n) is 8.42. The van der Waals surface area contributed by atoms with Crippen LogP contribution in [0.4, 0.5) is 4.39 Å². The van der Waals surface area contributed by atoms with Crippen LogP contribution in [0, 0.1) is 11.2 Å². The number of ether oxygens (including phenoxy) is 1. The summed E-state index contributed by atoms with van der Waals surface area (Å²) in [6.07, 6.45) is 6.99. The van der Waals surface area contributed by atoms with Crippen molar-refractivity contribution < 1.29 is 19.0 Å². The molecule has 0 amide bonds. The second-order valence-electron chi connectivity index (χ2n) is 6.47. The first-order valence-corrected chi connectivity index (χ1v) is 8.42. The molecule has 24 heavy (non-hydrogen) atoms. The molecule has 4 nitrogen and oxygen atoms in total. The summed E-state index contributed by atoms with van der Waals surface area (Å²) in [6, 6.07) is 6.33. The molecule has 1 aromatic carbocycles. The van der Waals surface area contributed by atoms with Gasteiger partial charge in [0.15, 0.2) is 0 Å². The Morgan fingerprint density at radius 2 is 2.17 bits per heavy atom. The van der Waals surface area contributed by atoms with E-state index in [1.54, 1.807) is 19.2 Å². The molecule has 5 heteroatoms. The molecule has 1 saturated heterocycles. The fourth-order valence-electron chi connectivity index (χ4n) is 3.34. The number of benzene rings is 1. The number of aliphatic carboxylic acids is 1. The van der Waals surface area contributed by atoms with Crippen LogP contribution in [0.25, 0.3) is 6.08 Å². The lowest BCUT2D eigenvalue weighted by Gasteiger charge is -2.39. The third kappa shape index (κ3) is 5.14. The van der Waals surface area contributed by atoms with Crippen molar-refractivity contribution >= 4 is 12.0 Å². The fraction of sp³-hybridized carbons (Fsp3) is 0.526. The van der Waals surface area contributed by atoms with E-state index in [0.717, 1.165) is 31.4 Å². The van der Waals surface area contributed by atoms with E-state index in [9.17, 15) is 14.3 Å². The number of nitrogens with zero attached hydrogens (tertiary/aromatic N) is 1. The summed E-state index contributed by atoms with van der Waals surface area (Å²) in [5.41, 5.74) is 0.276. The van der Waals surface area contributed by atoms with Crippen LogP contribution in [0.2, 0.25) is 0 Å². The first-order chi connectivity index (χ1) is 11.6. The summed E-state index contributed by atoms with van der Waals surface area (Å²) in [4.78, 5) is 14.0. The van der Waals surface area contributed by atoms with Crippen molar-refractivity contribution in [3.05, 3.63) is 41.7 Å². The maximum absolute atomic E-state index is 12.9. The van der Waals surface area contributed by atoms with Gasteiger partial charge in [0.1, 0.15) is 5.82 Å². The maximum Gasteiger partial charge on any atom is 0.310 e. The monoisotopic (exact) mass is 335 g/mol. The molecule has 0 aromatic heterocycles. The molecule has 1 unspecified atom stereocenters. The molecular formula is C19H26FNO3. The van der Waals surface area contributed by atoms with Gasteiger partial charge in [0.25, 0.3) is 0 Å². The molecular weight excluding hydrogens is 309 g/mol. The molecule has 0 spiro atoms. The summed E-state index contributed by atoms with van der Waals surface area (Å²) in [5.74, 6) is -0.948. The Morgan fingerprint density at radius 1 is 1.42 bits per heavy atom. The predicted octanol–water partition coefficient (Wildman–Crippen LogP) is 3.43. The van der Waals surface area contributed by atoms with Gasteiger partial charge in [-0.25, -0.2) is 4.39 Å². The molecule has 1 aromatic rings. The Hall–Kier alpha value is -1.72. The normalized spacial score (nSPS) is 22.1. The van der Waals surface area contributed by atoms with Crippen molar-refractivity contribution in [2.75, 3.05) is 33.4 Å². The molecule has 2 rings (SSSR count). The number of piperidine rings is 1. The molecule has 1 heterocycles. The molecule has 1 aliphatic rings. The zero-order valence-electron chi connectivity index (χ0n) is 14.2. The Morgan fingerprint density at radius 3 is 2.83 bits per heavy atom. The first kappa shape index (κ1) is 18.6. The van der Waals surface area contributed by atoms with E-state index in [-0.39, 0.29) is 5.82 Å². The molecule has 1 atom stereocenters. The minimum absolute atomic E-state index is 0.245. The van der Waals surface area contributed by atoms with Crippen LogP contribution in [0.15, 0.2) is 30.3 Å². The molecule has 1 aliphatic heterocycles. The van der Waals surface area contributed by atoms with E-state index in [1.807, 2.05) is 12.2 Å². The molecule has 0 saturated carbocycles. The largest absolute Gasteiger partial charge is 0.481 e. The average Bonchev–Trinajstić information content (AvgIpc) is 2.57. The number of methoxy groups -OCH3 is 1. The molecule has 1 fully saturated rings. The molecule has 0 aliphatic carbocycles. The SMILES string of the molecule is COCCCC1(C(=O)O)CCCN(CC=Cc2ccc(F)cc2)C1. The van der Waals surface area contributed by atoms with E-state index in [2.05, 4.69) is 4.90 Å². The van der Waals surface area contributed by atoms with Crippen molar-refractivity contribution in [3.63, 3.8) is 0 Å². The minimum atomic E-state index is -0.703. The second-order valence-corrected chi connectivity index (χ2v) is 6.47. The van der Waals surface area contributed by atoms with E-state index in [4.69, 9.17) is 4.74 Å². The molecule has 1 N–H and O–H groups in total. The van der Waals surface area contributed by atoms with Crippen LogP contribution in [0.5, 0.6) is 0 Å². The number of carboxylic acids is 1. The lowest BCUT2D eigenvalue weighted by molar-refractivity contribution is -0.153. The number of hydrogen-bond donors (Lipinski definition) is 1. The fourth-order valence-corrected chi connectivity index (χ4v) is 3.34. The van der Waals surface area contributed by atoms with Gasteiger partial charge in [-0.1, -0.05) is 24.3 Å². The van der Waals surface area contributed by atoms with Crippen LogP contribution < -0.4 is 0 Å². The Bertz CT molecular complexity index is 558. The van der Waals surface area contributed by atoms with Gasteiger partial charge in [0, 0.05) is 26.8 Å². The topological polar surface area (TPSA) is 49.8 Å². The smallest absolute Gasteiger partial charge is 0.310 e. The molecule has 0 radical (unpaired) electrons. The van der Waals surface area contributed by atoms with Gasteiger partial charge in [-0.3, -0.25) is 9.69 Å². The predicted molar refractivity (Wildman–Crippen MR) is 92.3 cm³/mol. The highest BCUT2D eigenvalue weighted by Gasteiger charge is 2.41. The maximum atomic E-state index is 12.9. The van der Waals surface area contributed by atoms with Gasteiger partial charge in [0.2, 0.25) is 0 Å². The summed E-state index contributed by atoms with van der Waals surface area (Å²) in [6.45, 7) is 2.78. The van der Waals surface area contributed by atoms with Gasteiger partial charge in [-0.15, -0.1) is 0 Å². The van der Waals surface area contributed by atoms with Crippen LogP contribution in [-0.2, 0) is 9.53 Å². The van der Waals surface area contributed by atoms with Crippen LogP contribution in [0.3, 0.4) is 0 Å². The van der Waals surface area contributed by atoms with Crippen molar-refractivity contribution in [1.82, 2.24) is 4.90 Å². The number of rotatable bonds is 8. The quantitative estimate of drug-likeness (QED) is 0.740. The summed E-state index contributed by atoms with van der Waals surface area (Å²) < 4.78 is 18.0. The summed E-state index contributed by atoms with van der Waals surface area (Å²) >= 11 is 0. The van der Waals surface area contributed by atoms with Crippen molar-refractivity contribution in [1.29, 1.82) is 0 Å². The van der Waals surface area contributed by atoms with E-state index in [1.165, 1.54) is 12.1 Å². The Kier molecular flexibility index (Phi) is 6.94. The van der Waals surface area contributed by atoms with Crippen molar-refractivity contribution in [2.45, 2.75) is 25.7 Å². The van der Waals surface area contributed by atoms with Crippen LogP contribution in [0.1, 0.15) is 31.2 Å². The summed E-state index contributed by atoms with van der Waals surface area (Å²) in [5, 5.41) is 9.71. The lowest BCUT2D eigenvalue weighted by Crippen LogP contribution is -2.48. The third-order valence-electron chi connectivity index (χ3n) is 4.66. The highest BCUT2D eigenvalue weighted by molar-refractivity contribution is 5.75. The number of carboxylic acid groups (broad SMARTS) is 1. The second kappa shape index (κ2) is 8.94. The lowest BCUT2D eigenvalue weighted by atomic mass is 9.76. The van der Waals surface area contributed by atoms with Gasteiger partial charge in [-0.05, 0) is 49.9 Å². The zero-order valence-corrected chi connectivity index (χ0v) is 14.2. The molecule has 132 valence electrons. The number of hydrogen-bond acceptors (Lipinski definition) is 3. The van der Waals surface area contributed by atoms with Crippen molar-refractivity contribution in [2.24, 2.45) is 5.41 Å². The van der Waals surface area contributed by atoms with Gasteiger partial charge in [0.05, 0.1) is 5.41 Å². The van der Waals surface area contributed by atoms with Gasteiger partial charge < -0.3 is 9.84 Å². The van der Waals surface area contributed by atoms with E-state index in [0.29, 0.717) is 26.1 Å². The van der Waals surface area contributed by atoms with Crippen molar-refractivity contribution in [3.8, 4) is 0 Å². The summed E-state index contributed by atoms with van der Waals surface area (Å²) in [7, 11) is 1.64. The molecule has 0 bridgehead atoms. The number of likely N-dealkylation sites (tertiary alicyclic amines) is 1. The third-order valence-corrected chi connectivity index (χ3v) is 4.66. The number of carbonyl (C=O) groups is 1. The Balaban J connectivity index is 1.93. The highest BCUT2D eigenvalue weighted by atomic mass is 19.1. The zero-order chi connectivity index (χ0) is 17.4.